The molecule has 0 atom stereocenters. The van der Waals surface area contributed by atoms with Crippen LogP contribution in [-0.2, 0) is 12.8 Å². The van der Waals surface area contributed by atoms with E-state index in [1.54, 1.807) is 4.52 Å². The number of halogens is 1. The van der Waals surface area contributed by atoms with Crippen LogP contribution in [0.5, 0.6) is 0 Å². The molecule has 4 aromatic rings. The molecule has 0 saturated heterocycles. The fourth-order valence-corrected chi connectivity index (χ4v) is 3.41. The first kappa shape index (κ1) is 19.5. The quantitative estimate of drug-likeness (QED) is 0.397. The van der Waals surface area contributed by atoms with Crippen molar-refractivity contribution in [1.29, 1.82) is 0 Å². The lowest BCUT2D eigenvalue weighted by molar-refractivity contribution is 0.377. The molecule has 0 spiro atoms. The lowest BCUT2D eigenvalue weighted by Crippen LogP contribution is -2.20. The van der Waals surface area contributed by atoms with Crippen molar-refractivity contribution in [1.82, 2.24) is 30.0 Å². The maximum Gasteiger partial charge on any atom is 0.227 e. The van der Waals surface area contributed by atoms with E-state index in [2.05, 4.69) is 55.1 Å². The van der Waals surface area contributed by atoms with Gasteiger partial charge in [0.15, 0.2) is 11.5 Å². The standard InChI is InChI=1S/C20H22BrN7O/c1-3-4-12-27(2)18-9-8-16-23-24-17(28(16)25-18)10-11-19-22-20(26-29-19)14-6-5-7-15(21)13-14/h5-9,13H,3-4,10-12H2,1-2H3. The number of unbranched alkanes of at least 4 members (excludes halogenated alkanes) is 1. The van der Waals surface area contributed by atoms with E-state index in [-0.39, 0.29) is 0 Å². The normalized spacial score (nSPS) is 11.3. The lowest BCUT2D eigenvalue weighted by Gasteiger charge is -2.17. The predicted molar refractivity (Wildman–Crippen MR) is 114 cm³/mol. The number of anilines is 1. The molecule has 0 aliphatic heterocycles. The zero-order chi connectivity index (χ0) is 20.2. The Bertz CT molecular complexity index is 1110. The van der Waals surface area contributed by atoms with E-state index in [0.29, 0.717) is 24.6 Å². The Morgan fingerprint density at radius 3 is 2.86 bits per heavy atom. The summed E-state index contributed by atoms with van der Waals surface area (Å²) < 4.78 is 8.18. The molecule has 8 nitrogen and oxygen atoms in total. The Morgan fingerprint density at radius 1 is 1.14 bits per heavy atom. The Morgan fingerprint density at radius 2 is 2.03 bits per heavy atom. The van der Waals surface area contributed by atoms with E-state index in [1.165, 1.54) is 0 Å². The molecule has 1 aromatic carbocycles. The first-order valence-electron chi connectivity index (χ1n) is 9.65. The van der Waals surface area contributed by atoms with Crippen molar-refractivity contribution in [2.75, 3.05) is 18.5 Å². The van der Waals surface area contributed by atoms with Crippen molar-refractivity contribution in [3.63, 3.8) is 0 Å². The fourth-order valence-electron chi connectivity index (χ4n) is 3.01. The Kier molecular flexibility index (Phi) is 5.84. The molecule has 150 valence electrons. The number of rotatable bonds is 8. The number of nitrogens with zero attached hydrogens (tertiary/aromatic N) is 7. The van der Waals surface area contributed by atoms with Crippen molar-refractivity contribution in [3.8, 4) is 11.4 Å². The molecule has 0 N–H and O–H groups in total. The minimum atomic E-state index is 0.563. The van der Waals surface area contributed by atoms with Gasteiger partial charge < -0.3 is 9.42 Å². The summed E-state index contributed by atoms with van der Waals surface area (Å²) in [5, 5.41) is 17.3. The minimum Gasteiger partial charge on any atom is -0.358 e. The van der Waals surface area contributed by atoms with Crippen molar-refractivity contribution >= 4 is 27.4 Å². The molecular formula is C20H22BrN7O. The maximum atomic E-state index is 5.41. The molecule has 0 radical (unpaired) electrons. The second-order valence-electron chi connectivity index (χ2n) is 6.87. The largest absolute Gasteiger partial charge is 0.358 e. The van der Waals surface area contributed by atoms with Crippen molar-refractivity contribution < 1.29 is 4.52 Å². The van der Waals surface area contributed by atoms with Gasteiger partial charge in [0.05, 0.1) is 0 Å². The lowest BCUT2D eigenvalue weighted by atomic mass is 10.2. The smallest absolute Gasteiger partial charge is 0.227 e. The van der Waals surface area contributed by atoms with Gasteiger partial charge in [-0.05, 0) is 30.7 Å². The van der Waals surface area contributed by atoms with Crippen LogP contribution in [0.25, 0.3) is 17.0 Å². The van der Waals surface area contributed by atoms with Gasteiger partial charge in [-0.2, -0.15) is 9.50 Å². The molecule has 0 amide bonds. The van der Waals surface area contributed by atoms with E-state index in [4.69, 9.17) is 9.62 Å². The third kappa shape index (κ3) is 4.45. The average molecular weight is 456 g/mol. The van der Waals surface area contributed by atoms with Gasteiger partial charge in [-0.3, -0.25) is 0 Å². The van der Waals surface area contributed by atoms with Crippen molar-refractivity contribution in [3.05, 3.63) is 52.6 Å². The number of hydrogen-bond acceptors (Lipinski definition) is 7. The van der Waals surface area contributed by atoms with Crippen molar-refractivity contribution in [2.24, 2.45) is 0 Å². The summed E-state index contributed by atoms with van der Waals surface area (Å²) >= 11 is 3.46. The number of aromatic nitrogens is 6. The Hall–Kier alpha value is -2.81. The summed E-state index contributed by atoms with van der Waals surface area (Å²) in [7, 11) is 2.05. The van der Waals surface area contributed by atoms with Gasteiger partial charge in [-0.15, -0.1) is 15.3 Å². The van der Waals surface area contributed by atoms with Crippen LogP contribution in [0.4, 0.5) is 5.82 Å². The zero-order valence-electron chi connectivity index (χ0n) is 16.4. The van der Waals surface area contributed by atoms with Crippen molar-refractivity contribution in [2.45, 2.75) is 32.6 Å². The summed E-state index contributed by atoms with van der Waals surface area (Å²) in [5.41, 5.74) is 1.64. The summed E-state index contributed by atoms with van der Waals surface area (Å²) in [6.45, 7) is 3.15. The number of fused-ring (bicyclic) bond motifs is 1. The Labute approximate surface area is 177 Å². The summed E-state index contributed by atoms with van der Waals surface area (Å²) in [4.78, 5) is 6.64. The Balaban J connectivity index is 1.48. The van der Waals surface area contributed by atoms with Gasteiger partial charge in [0.25, 0.3) is 0 Å². The molecule has 0 fully saturated rings. The highest BCUT2D eigenvalue weighted by molar-refractivity contribution is 9.10. The van der Waals surface area contributed by atoms with E-state index in [1.807, 2.05) is 36.4 Å². The maximum absolute atomic E-state index is 5.41. The molecule has 3 heterocycles. The first-order valence-corrected chi connectivity index (χ1v) is 10.4. The van der Waals surface area contributed by atoms with Gasteiger partial charge in [0, 0.05) is 36.5 Å². The highest BCUT2D eigenvalue weighted by atomic mass is 79.9. The highest BCUT2D eigenvalue weighted by Gasteiger charge is 2.13. The first-order chi connectivity index (χ1) is 14.1. The van der Waals surface area contributed by atoms with E-state index < -0.39 is 0 Å². The molecule has 0 aliphatic carbocycles. The SMILES string of the molecule is CCCCN(C)c1ccc2nnc(CCc3nc(-c4cccc(Br)c4)no3)n2n1. The van der Waals surface area contributed by atoms with Crippen LogP contribution in [0.2, 0.25) is 0 Å². The van der Waals surface area contributed by atoms with Crippen LogP contribution in [0, 0.1) is 0 Å². The van der Waals surface area contributed by atoms with Crippen LogP contribution < -0.4 is 4.90 Å². The highest BCUT2D eigenvalue weighted by Crippen LogP contribution is 2.21. The van der Waals surface area contributed by atoms with E-state index >= 15 is 0 Å². The summed E-state index contributed by atoms with van der Waals surface area (Å²) in [6, 6.07) is 11.7. The molecule has 0 unspecified atom stereocenters. The minimum absolute atomic E-state index is 0.563. The number of hydrogen-bond donors (Lipinski definition) is 0. The molecule has 9 heteroatoms. The topological polar surface area (TPSA) is 85.2 Å². The third-order valence-corrected chi connectivity index (χ3v) is 5.16. The fraction of sp³-hybridized carbons (Fsp3) is 0.350. The zero-order valence-corrected chi connectivity index (χ0v) is 18.0. The average Bonchev–Trinajstić information content (AvgIpc) is 3.37. The van der Waals surface area contributed by atoms with Crippen LogP contribution in [0.1, 0.15) is 31.5 Å². The monoisotopic (exact) mass is 455 g/mol. The van der Waals surface area contributed by atoms with Crippen LogP contribution in [-0.4, -0.2) is 43.5 Å². The second kappa shape index (κ2) is 8.69. The molecule has 29 heavy (non-hydrogen) atoms. The molecule has 0 saturated carbocycles. The summed E-state index contributed by atoms with van der Waals surface area (Å²) in [6.07, 6.45) is 3.45. The van der Waals surface area contributed by atoms with Crippen LogP contribution in [0.3, 0.4) is 0 Å². The summed E-state index contributed by atoms with van der Waals surface area (Å²) in [5.74, 6) is 2.81. The molecule has 4 rings (SSSR count). The molecular weight excluding hydrogens is 434 g/mol. The van der Waals surface area contributed by atoms with Gasteiger partial charge in [-0.1, -0.05) is 46.6 Å². The second-order valence-corrected chi connectivity index (χ2v) is 7.79. The molecule has 0 bridgehead atoms. The number of benzene rings is 1. The molecule has 0 aliphatic rings. The van der Waals surface area contributed by atoms with Crippen LogP contribution in [0.15, 0.2) is 45.4 Å². The van der Waals surface area contributed by atoms with Crippen LogP contribution >= 0.6 is 15.9 Å². The molecule has 3 aromatic heterocycles. The van der Waals surface area contributed by atoms with E-state index in [0.717, 1.165) is 46.7 Å². The van der Waals surface area contributed by atoms with Gasteiger partial charge in [0.2, 0.25) is 11.7 Å². The predicted octanol–water partition coefficient (Wildman–Crippen LogP) is 3.96. The van der Waals surface area contributed by atoms with Gasteiger partial charge in [0.1, 0.15) is 5.82 Å². The number of aryl methyl sites for hydroxylation is 2. The van der Waals surface area contributed by atoms with Gasteiger partial charge >= 0.3 is 0 Å². The van der Waals surface area contributed by atoms with E-state index in [9.17, 15) is 0 Å². The van der Waals surface area contributed by atoms with Gasteiger partial charge in [-0.25, -0.2) is 0 Å². The third-order valence-electron chi connectivity index (χ3n) is 4.66.